The number of benzene rings is 1. The summed E-state index contributed by atoms with van der Waals surface area (Å²) in [6.07, 6.45) is 4.85. The predicted octanol–water partition coefficient (Wildman–Crippen LogP) is 4.64. The predicted molar refractivity (Wildman–Crippen MR) is 60.8 cm³/mol. The molecule has 3 heteroatoms. The van der Waals surface area contributed by atoms with Crippen molar-refractivity contribution in [2.24, 2.45) is 0 Å². The van der Waals surface area contributed by atoms with Gasteiger partial charge in [-0.2, -0.15) is 0 Å². The average Bonchev–Trinajstić information content (AvgIpc) is 2.12. The lowest BCUT2D eigenvalue weighted by Crippen LogP contribution is -1.74. The van der Waals surface area contributed by atoms with E-state index in [-0.39, 0.29) is 0 Å². The van der Waals surface area contributed by atoms with Crippen LogP contribution in [-0.2, 0) is 0 Å². The first kappa shape index (κ1) is 10.9. The van der Waals surface area contributed by atoms with E-state index in [0.717, 1.165) is 12.0 Å². The molecule has 1 aromatic rings. The maximum Gasteiger partial charge on any atom is 0.0598 e. The Labute approximate surface area is 93.1 Å². The zero-order valence-corrected chi connectivity index (χ0v) is 9.20. The van der Waals surface area contributed by atoms with Crippen molar-refractivity contribution in [2.75, 3.05) is 5.88 Å². The van der Waals surface area contributed by atoms with Crippen molar-refractivity contribution in [1.82, 2.24) is 0 Å². The fourth-order valence-electron chi connectivity index (χ4n) is 0.898. The molecule has 0 heterocycles. The molecule has 0 aromatic heterocycles. The normalized spacial score (nSPS) is 11.0. The van der Waals surface area contributed by atoms with Crippen molar-refractivity contribution in [2.45, 2.75) is 6.42 Å². The molecule has 0 amide bonds. The first-order chi connectivity index (χ1) is 6.24. The van der Waals surface area contributed by atoms with Crippen LogP contribution >= 0.6 is 34.8 Å². The molecule has 0 saturated heterocycles. The van der Waals surface area contributed by atoms with Gasteiger partial charge in [-0.1, -0.05) is 41.4 Å². The van der Waals surface area contributed by atoms with Crippen LogP contribution in [0, 0.1) is 0 Å². The lowest BCUT2D eigenvalue weighted by atomic mass is 10.2. The molecule has 0 unspecified atom stereocenters. The second kappa shape index (κ2) is 5.54. The Kier molecular flexibility index (Phi) is 4.65. The summed E-state index contributed by atoms with van der Waals surface area (Å²) in [6.45, 7) is 0. The molecule has 0 nitrogen and oxygen atoms in total. The van der Waals surface area contributed by atoms with Gasteiger partial charge in [-0.05, 0) is 24.1 Å². The largest absolute Gasteiger partial charge is 0.126 e. The molecule has 0 aliphatic rings. The highest BCUT2D eigenvalue weighted by molar-refractivity contribution is 6.42. The molecule has 0 bridgehead atoms. The zero-order valence-electron chi connectivity index (χ0n) is 6.93. The van der Waals surface area contributed by atoms with E-state index in [9.17, 15) is 0 Å². The maximum atomic E-state index is 5.83. The molecular weight excluding hydrogens is 226 g/mol. The first-order valence-electron chi connectivity index (χ1n) is 3.91. The van der Waals surface area contributed by atoms with E-state index in [0.29, 0.717) is 15.9 Å². The van der Waals surface area contributed by atoms with E-state index in [1.807, 2.05) is 24.3 Å². The summed E-state index contributed by atoms with van der Waals surface area (Å²) in [5.74, 6) is 0.637. The number of rotatable bonds is 3. The molecule has 1 rings (SSSR count). The lowest BCUT2D eigenvalue weighted by molar-refractivity contribution is 1.24. The quantitative estimate of drug-likeness (QED) is 0.670. The van der Waals surface area contributed by atoms with Gasteiger partial charge in [-0.3, -0.25) is 0 Å². The summed E-state index contributed by atoms with van der Waals surface area (Å²) in [6, 6.07) is 5.53. The summed E-state index contributed by atoms with van der Waals surface area (Å²) in [4.78, 5) is 0. The van der Waals surface area contributed by atoms with Crippen LogP contribution < -0.4 is 0 Å². The highest BCUT2D eigenvalue weighted by Crippen LogP contribution is 2.23. The van der Waals surface area contributed by atoms with Crippen molar-refractivity contribution in [3.63, 3.8) is 0 Å². The van der Waals surface area contributed by atoms with Crippen LogP contribution in [0.5, 0.6) is 0 Å². The number of hydrogen-bond acceptors (Lipinski definition) is 0. The van der Waals surface area contributed by atoms with Crippen LogP contribution in [0.25, 0.3) is 6.08 Å². The molecule has 1 aromatic carbocycles. The molecule has 0 aliphatic carbocycles. The summed E-state index contributed by atoms with van der Waals surface area (Å²) in [5.41, 5.74) is 1.04. The van der Waals surface area contributed by atoms with Gasteiger partial charge in [-0.15, -0.1) is 11.6 Å². The molecule has 0 saturated carbocycles. The van der Waals surface area contributed by atoms with Crippen LogP contribution in [0.3, 0.4) is 0 Å². The monoisotopic (exact) mass is 234 g/mol. The topological polar surface area (TPSA) is 0 Å². The van der Waals surface area contributed by atoms with Gasteiger partial charge in [0, 0.05) is 5.88 Å². The third-order valence-corrected chi connectivity index (χ3v) is 2.49. The molecule has 0 N–H and O–H groups in total. The van der Waals surface area contributed by atoms with E-state index >= 15 is 0 Å². The maximum absolute atomic E-state index is 5.83. The molecule has 70 valence electrons. The smallest absolute Gasteiger partial charge is 0.0598 e. The second-order valence-electron chi connectivity index (χ2n) is 2.55. The third kappa shape index (κ3) is 3.60. The number of allylic oxidation sites excluding steroid dienone is 1. The Morgan fingerprint density at radius 3 is 2.54 bits per heavy atom. The second-order valence-corrected chi connectivity index (χ2v) is 3.75. The Morgan fingerprint density at radius 2 is 1.92 bits per heavy atom. The SMILES string of the molecule is ClCC/C=C/c1ccc(Cl)c(Cl)c1. The fourth-order valence-corrected chi connectivity index (χ4v) is 1.33. The van der Waals surface area contributed by atoms with Crippen LogP contribution in [-0.4, -0.2) is 5.88 Å². The summed E-state index contributed by atoms with van der Waals surface area (Å²) >= 11 is 17.1. The Hall–Kier alpha value is -0.170. The van der Waals surface area contributed by atoms with Gasteiger partial charge in [-0.25, -0.2) is 0 Å². The number of hydrogen-bond donors (Lipinski definition) is 0. The molecule has 0 radical (unpaired) electrons. The van der Waals surface area contributed by atoms with E-state index in [2.05, 4.69) is 0 Å². The van der Waals surface area contributed by atoms with Gasteiger partial charge in [0.25, 0.3) is 0 Å². The summed E-state index contributed by atoms with van der Waals surface area (Å²) < 4.78 is 0. The minimum atomic E-state index is 0.578. The molecule has 0 aliphatic heterocycles. The van der Waals surface area contributed by atoms with Crippen LogP contribution in [0.2, 0.25) is 10.0 Å². The summed E-state index contributed by atoms with van der Waals surface area (Å²) in [7, 11) is 0. The highest BCUT2D eigenvalue weighted by Gasteiger charge is 1.95. The van der Waals surface area contributed by atoms with Crippen LogP contribution in [0.15, 0.2) is 24.3 Å². The highest BCUT2D eigenvalue weighted by atomic mass is 35.5. The standard InChI is InChI=1S/C10H9Cl3/c11-6-2-1-3-8-4-5-9(12)10(13)7-8/h1,3-5,7H,2,6H2/b3-1+. The van der Waals surface area contributed by atoms with E-state index < -0.39 is 0 Å². The molecule has 0 spiro atoms. The number of alkyl halides is 1. The van der Waals surface area contributed by atoms with Crippen LogP contribution in [0.4, 0.5) is 0 Å². The molecule has 0 atom stereocenters. The van der Waals surface area contributed by atoms with Crippen LogP contribution in [0.1, 0.15) is 12.0 Å². The minimum Gasteiger partial charge on any atom is -0.126 e. The van der Waals surface area contributed by atoms with Gasteiger partial charge in [0.05, 0.1) is 10.0 Å². The van der Waals surface area contributed by atoms with Gasteiger partial charge in [0.15, 0.2) is 0 Å². The Morgan fingerprint density at radius 1 is 1.15 bits per heavy atom. The van der Waals surface area contributed by atoms with Crippen molar-refractivity contribution in [3.8, 4) is 0 Å². The zero-order chi connectivity index (χ0) is 9.68. The van der Waals surface area contributed by atoms with Gasteiger partial charge in [0.2, 0.25) is 0 Å². The average molecular weight is 236 g/mol. The van der Waals surface area contributed by atoms with E-state index in [1.165, 1.54) is 0 Å². The molecule has 0 fully saturated rings. The lowest BCUT2D eigenvalue weighted by Gasteiger charge is -1.96. The number of halogens is 3. The van der Waals surface area contributed by atoms with Crippen molar-refractivity contribution in [3.05, 3.63) is 39.9 Å². The third-order valence-electron chi connectivity index (χ3n) is 1.53. The Bertz CT molecular complexity index is 305. The van der Waals surface area contributed by atoms with Crippen molar-refractivity contribution in [1.29, 1.82) is 0 Å². The fraction of sp³-hybridized carbons (Fsp3) is 0.200. The van der Waals surface area contributed by atoms with Gasteiger partial charge < -0.3 is 0 Å². The van der Waals surface area contributed by atoms with Crippen molar-refractivity contribution < 1.29 is 0 Å². The van der Waals surface area contributed by atoms with E-state index in [1.54, 1.807) is 6.07 Å². The molecule has 13 heavy (non-hydrogen) atoms. The first-order valence-corrected chi connectivity index (χ1v) is 5.20. The Balaban J connectivity index is 2.73. The van der Waals surface area contributed by atoms with E-state index in [4.69, 9.17) is 34.8 Å². The molecular formula is C10H9Cl3. The minimum absolute atomic E-state index is 0.578. The van der Waals surface area contributed by atoms with Gasteiger partial charge >= 0.3 is 0 Å². The van der Waals surface area contributed by atoms with Gasteiger partial charge in [0.1, 0.15) is 0 Å². The summed E-state index contributed by atoms with van der Waals surface area (Å²) in [5, 5.41) is 1.16. The van der Waals surface area contributed by atoms with Crippen molar-refractivity contribution >= 4 is 40.9 Å².